The Kier molecular flexibility index (Phi) is 32.4. The molecule has 6 heteroatoms. The summed E-state index contributed by atoms with van der Waals surface area (Å²) < 4.78 is 17.2. The minimum atomic E-state index is -0.472. The monoisotopic (exact) mass is 763 g/mol. The quantitative estimate of drug-likeness (QED) is 0.0359. The van der Waals surface area contributed by atoms with Gasteiger partial charge in [-0.15, -0.1) is 0 Å². The standard InChI is InChI=1S/C48H90O6/c1-40(2)31-25-19-13-7-10-16-22-28-34-52-46(49)43-37-44(47(50)53-35-29-23-17-11-8-14-20-26-32-41(3)4)39-45(38-43)48(51)54-36-30-24-18-12-9-15-21-27-33-42(5)6/h40-45H,7-39H2,1-6H3. The Morgan fingerprint density at radius 3 is 0.722 bits per heavy atom. The summed E-state index contributed by atoms with van der Waals surface area (Å²) in [7, 11) is 0. The van der Waals surface area contributed by atoms with Crippen molar-refractivity contribution in [2.75, 3.05) is 19.8 Å². The lowest BCUT2D eigenvalue weighted by molar-refractivity contribution is -0.161. The molecule has 0 aliphatic heterocycles. The van der Waals surface area contributed by atoms with Crippen molar-refractivity contribution >= 4 is 17.9 Å². The normalized spacial score (nSPS) is 17.4. The lowest BCUT2D eigenvalue weighted by atomic mass is 9.75. The van der Waals surface area contributed by atoms with Gasteiger partial charge < -0.3 is 14.2 Å². The Balaban J connectivity index is 2.44. The molecular formula is C48H90O6. The summed E-state index contributed by atoms with van der Waals surface area (Å²) in [5.74, 6) is 0.160. The van der Waals surface area contributed by atoms with E-state index in [1.165, 1.54) is 135 Å². The van der Waals surface area contributed by atoms with Crippen LogP contribution in [-0.2, 0) is 28.6 Å². The topological polar surface area (TPSA) is 78.9 Å². The first-order valence-corrected chi connectivity index (χ1v) is 23.6. The van der Waals surface area contributed by atoms with Crippen molar-refractivity contribution in [1.29, 1.82) is 0 Å². The molecule has 0 unspecified atom stereocenters. The summed E-state index contributed by atoms with van der Waals surface area (Å²) in [6, 6.07) is 0. The molecule has 0 amide bonds. The highest BCUT2D eigenvalue weighted by molar-refractivity contribution is 5.80. The molecule has 1 aliphatic carbocycles. The maximum Gasteiger partial charge on any atom is 0.308 e. The van der Waals surface area contributed by atoms with Gasteiger partial charge in [0.15, 0.2) is 0 Å². The molecule has 6 nitrogen and oxygen atoms in total. The molecule has 0 radical (unpaired) electrons. The number of unbranched alkanes of at least 4 members (excludes halogenated alkanes) is 21. The Morgan fingerprint density at radius 2 is 0.519 bits per heavy atom. The molecule has 0 aromatic rings. The van der Waals surface area contributed by atoms with Gasteiger partial charge in [0.1, 0.15) is 0 Å². The van der Waals surface area contributed by atoms with Gasteiger partial charge in [-0.1, -0.05) is 196 Å². The molecular weight excluding hydrogens is 673 g/mol. The van der Waals surface area contributed by atoms with E-state index in [0.717, 1.165) is 56.3 Å². The Hall–Kier alpha value is -1.59. The minimum Gasteiger partial charge on any atom is -0.465 e. The van der Waals surface area contributed by atoms with Crippen LogP contribution in [0.15, 0.2) is 0 Å². The average molecular weight is 763 g/mol. The number of esters is 3. The van der Waals surface area contributed by atoms with Crippen LogP contribution in [0.5, 0.6) is 0 Å². The van der Waals surface area contributed by atoms with E-state index in [1.807, 2.05) is 0 Å². The highest BCUT2D eigenvalue weighted by Crippen LogP contribution is 2.36. The van der Waals surface area contributed by atoms with E-state index >= 15 is 0 Å². The molecule has 54 heavy (non-hydrogen) atoms. The zero-order chi connectivity index (χ0) is 39.7. The molecule has 0 aromatic heterocycles. The fourth-order valence-corrected chi connectivity index (χ4v) is 7.91. The third-order valence-electron chi connectivity index (χ3n) is 11.5. The van der Waals surface area contributed by atoms with Gasteiger partial charge in [0.25, 0.3) is 0 Å². The number of carbonyl (C=O) groups is 3. The van der Waals surface area contributed by atoms with Gasteiger partial charge in [0.2, 0.25) is 0 Å². The van der Waals surface area contributed by atoms with E-state index in [4.69, 9.17) is 14.2 Å². The summed E-state index contributed by atoms with van der Waals surface area (Å²) in [4.78, 5) is 39.7. The van der Waals surface area contributed by atoms with E-state index in [-0.39, 0.29) is 17.9 Å². The lowest BCUT2D eigenvalue weighted by Crippen LogP contribution is -2.37. The molecule has 0 spiro atoms. The van der Waals surface area contributed by atoms with Gasteiger partial charge in [0, 0.05) is 0 Å². The summed E-state index contributed by atoms with van der Waals surface area (Å²) in [6.45, 7) is 15.0. The third kappa shape index (κ3) is 29.7. The van der Waals surface area contributed by atoms with E-state index in [0.29, 0.717) is 39.1 Å². The lowest BCUT2D eigenvalue weighted by Gasteiger charge is -2.31. The average Bonchev–Trinajstić information content (AvgIpc) is 3.14. The molecule has 1 saturated carbocycles. The Morgan fingerprint density at radius 1 is 0.333 bits per heavy atom. The number of hydrogen-bond acceptors (Lipinski definition) is 6. The van der Waals surface area contributed by atoms with Crippen LogP contribution in [0.3, 0.4) is 0 Å². The van der Waals surface area contributed by atoms with Crippen molar-refractivity contribution in [3.05, 3.63) is 0 Å². The first-order chi connectivity index (χ1) is 26.1. The molecule has 0 N–H and O–H groups in total. The van der Waals surface area contributed by atoms with E-state index in [2.05, 4.69) is 41.5 Å². The summed E-state index contributed by atoms with van der Waals surface area (Å²) in [6.07, 6.45) is 34.0. The minimum absolute atomic E-state index is 0.274. The summed E-state index contributed by atoms with van der Waals surface area (Å²) in [5, 5.41) is 0. The highest BCUT2D eigenvalue weighted by atomic mass is 16.5. The molecule has 1 rings (SSSR count). The zero-order valence-electron chi connectivity index (χ0n) is 36.7. The smallest absolute Gasteiger partial charge is 0.308 e. The van der Waals surface area contributed by atoms with Crippen molar-refractivity contribution in [2.24, 2.45) is 35.5 Å². The Bertz CT molecular complexity index is 778. The van der Waals surface area contributed by atoms with Crippen LogP contribution < -0.4 is 0 Å². The number of carbonyl (C=O) groups excluding carboxylic acids is 3. The van der Waals surface area contributed by atoms with Crippen LogP contribution in [0.25, 0.3) is 0 Å². The zero-order valence-corrected chi connectivity index (χ0v) is 36.7. The molecule has 1 fully saturated rings. The summed E-state index contributed by atoms with van der Waals surface area (Å²) in [5.41, 5.74) is 0. The maximum atomic E-state index is 13.2. The Labute approximate surface area is 335 Å². The van der Waals surface area contributed by atoms with Crippen LogP contribution in [-0.4, -0.2) is 37.7 Å². The third-order valence-corrected chi connectivity index (χ3v) is 11.5. The second kappa shape index (κ2) is 34.6. The first kappa shape index (κ1) is 50.4. The maximum absolute atomic E-state index is 13.2. The number of rotatable bonds is 36. The largest absolute Gasteiger partial charge is 0.465 e. The van der Waals surface area contributed by atoms with Crippen molar-refractivity contribution < 1.29 is 28.6 Å². The van der Waals surface area contributed by atoms with Crippen LogP contribution in [0, 0.1) is 35.5 Å². The van der Waals surface area contributed by atoms with Gasteiger partial charge >= 0.3 is 17.9 Å². The first-order valence-electron chi connectivity index (χ1n) is 23.6. The molecule has 0 aromatic carbocycles. The highest BCUT2D eigenvalue weighted by Gasteiger charge is 2.41. The van der Waals surface area contributed by atoms with Crippen molar-refractivity contribution in [2.45, 2.75) is 234 Å². The van der Waals surface area contributed by atoms with Crippen LogP contribution in [0.1, 0.15) is 234 Å². The fraction of sp³-hybridized carbons (Fsp3) is 0.938. The molecule has 0 heterocycles. The van der Waals surface area contributed by atoms with Crippen molar-refractivity contribution in [1.82, 2.24) is 0 Å². The summed E-state index contributed by atoms with van der Waals surface area (Å²) >= 11 is 0. The fourth-order valence-electron chi connectivity index (χ4n) is 7.91. The molecule has 0 bridgehead atoms. The predicted octanol–water partition coefficient (Wildman–Crippen LogP) is 14.1. The van der Waals surface area contributed by atoms with Crippen molar-refractivity contribution in [3.8, 4) is 0 Å². The molecule has 1 aliphatic rings. The molecule has 0 atom stereocenters. The van der Waals surface area contributed by atoms with Gasteiger partial charge in [0.05, 0.1) is 37.6 Å². The van der Waals surface area contributed by atoms with Crippen LogP contribution in [0.4, 0.5) is 0 Å². The van der Waals surface area contributed by atoms with Gasteiger partial charge in [-0.2, -0.15) is 0 Å². The molecule has 0 saturated heterocycles. The van der Waals surface area contributed by atoms with E-state index in [1.54, 1.807) is 0 Å². The van der Waals surface area contributed by atoms with Gasteiger partial charge in [-0.3, -0.25) is 14.4 Å². The number of ether oxygens (including phenoxy) is 3. The predicted molar refractivity (Wildman–Crippen MR) is 226 cm³/mol. The van der Waals surface area contributed by atoms with Gasteiger partial charge in [-0.05, 0) is 56.3 Å². The van der Waals surface area contributed by atoms with E-state index in [9.17, 15) is 14.4 Å². The molecule has 318 valence electrons. The van der Waals surface area contributed by atoms with Gasteiger partial charge in [-0.25, -0.2) is 0 Å². The van der Waals surface area contributed by atoms with Crippen LogP contribution >= 0.6 is 0 Å². The van der Waals surface area contributed by atoms with E-state index < -0.39 is 17.8 Å². The SMILES string of the molecule is CC(C)CCCCCCCCCCOC(=O)C1CC(C(=O)OCCCCCCCCCCC(C)C)CC(C(=O)OCCCCCCCCCCC(C)C)C1. The number of hydrogen-bond donors (Lipinski definition) is 0. The van der Waals surface area contributed by atoms with Crippen LogP contribution in [0.2, 0.25) is 0 Å². The second-order valence-corrected chi connectivity index (χ2v) is 18.3. The van der Waals surface area contributed by atoms with Crippen molar-refractivity contribution in [3.63, 3.8) is 0 Å². The second-order valence-electron chi connectivity index (χ2n) is 18.3.